The summed E-state index contributed by atoms with van der Waals surface area (Å²) in [6, 6.07) is 3.78. The van der Waals surface area contributed by atoms with Gasteiger partial charge in [0, 0.05) is 6.54 Å². The van der Waals surface area contributed by atoms with Gasteiger partial charge in [0.05, 0.1) is 11.5 Å². The lowest BCUT2D eigenvalue weighted by Gasteiger charge is -2.22. The molecular formula is C13H16FNO4S. The van der Waals surface area contributed by atoms with E-state index in [9.17, 15) is 17.6 Å². The van der Waals surface area contributed by atoms with Crippen molar-refractivity contribution < 1.29 is 22.3 Å². The van der Waals surface area contributed by atoms with Gasteiger partial charge in [0.15, 0.2) is 0 Å². The van der Waals surface area contributed by atoms with Gasteiger partial charge in [-0.05, 0) is 44.0 Å². The number of carbonyl (C=O) groups excluding carboxylic acids is 1. The second-order valence-corrected chi connectivity index (χ2v) is 6.37. The van der Waals surface area contributed by atoms with E-state index in [1.165, 1.54) is 12.1 Å². The predicted molar refractivity (Wildman–Crippen MR) is 69.9 cm³/mol. The Morgan fingerprint density at radius 1 is 1.40 bits per heavy atom. The van der Waals surface area contributed by atoms with Gasteiger partial charge in [0.2, 0.25) is 10.0 Å². The minimum atomic E-state index is -3.80. The van der Waals surface area contributed by atoms with Crippen molar-refractivity contribution in [1.29, 1.82) is 0 Å². The van der Waals surface area contributed by atoms with Gasteiger partial charge < -0.3 is 4.74 Å². The number of rotatable bonds is 4. The Bertz CT molecular complexity index is 585. The molecule has 0 radical (unpaired) electrons. The summed E-state index contributed by atoms with van der Waals surface area (Å²) in [5.41, 5.74) is 0. The molecule has 2 rings (SSSR count). The lowest BCUT2D eigenvalue weighted by Crippen LogP contribution is -2.41. The van der Waals surface area contributed by atoms with Crippen LogP contribution in [0.15, 0.2) is 29.2 Å². The quantitative estimate of drug-likeness (QED) is 0.791. The molecule has 0 amide bonds. The number of halogens is 1. The van der Waals surface area contributed by atoms with Crippen molar-refractivity contribution in [3.8, 4) is 0 Å². The molecule has 110 valence electrons. The van der Waals surface area contributed by atoms with Gasteiger partial charge in [0.25, 0.3) is 0 Å². The fourth-order valence-corrected chi connectivity index (χ4v) is 3.89. The first-order chi connectivity index (χ1) is 9.46. The van der Waals surface area contributed by atoms with Gasteiger partial charge in [-0.3, -0.25) is 4.79 Å². The minimum Gasteiger partial charge on any atom is -0.465 e. The molecule has 20 heavy (non-hydrogen) atoms. The molecule has 7 heteroatoms. The molecule has 0 N–H and O–H groups in total. The molecule has 1 saturated heterocycles. The SMILES string of the molecule is CCOC(=O)[C@H]1CCCN1S(=O)(=O)c1ccc(F)cc1. The number of carbonyl (C=O) groups is 1. The zero-order valence-electron chi connectivity index (χ0n) is 11.1. The van der Waals surface area contributed by atoms with Crippen LogP contribution in [-0.2, 0) is 19.6 Å². The standard InChI is InChI=1S/C13H16FNO4S/c1-2-19-13(16)12-4-3-9-15(12)20(17,18)11-7-5-10(14)6-8-11/h5-8,12H,2-4,9H2,1H3/t12-/m1/s1. The number of nitrogens with zero attached hydrogens (tertiary/aromatic N) is 1. The maximum Gasteiger partial charge on any atom is 0.324 e. The summed E-state index contributed by atoms with van der Waals surface area (Å²) in [5, 5.41) is 0. The summed E-state index contributed by atoms with van der Waals surface area (Å²) in [4.78, 5) is 11.8. The average Bonchev–Trinajstić information content (AvgIpc) is 2.89. The van der Waals surface area contributed by atoms with Crippen molar-refractivity contribution in [3.05, 3.63) is 30.1 Å². The van der Waals surface area contributed by atoms with Crippen LogP contribution in [0.4, 0.5) is 4.39 Å². The third-order valence-corrected chi connectivity index (χ3v) is 5.10. The number of benzene rings is 1. The van der Waals surface area contributed by atoms with Gasteiger partial charge >= 0.3 is 5.97 Å². The monoisotopic (exact) mass is 301 g/mol. The highest BCUT2D eigenvalue weighted by atomic mass is 32.2. The molecule has 1 atom stereocenters. The van der Waals surface area contributed by atoms with Crippen LogP contribution in [0.2, 0.25) is 0 Å². The van der Waals surface area contributed by atoms with E-state index in [4.69, 9.17) is 4.74 Å². The first-order valence-electron chi connectivity index (χ1n) is 6.41. The lowest BCUT2D eigenvalue weighted by atomic mass is 10.2. The molecule has 1 heterocycles. The van der Waals surface area contributed by atoms with Gasteiger partial charge in [-0.25, -0.2) is 12.8 Å². The zero-order chi connectivity index (χ0) is 14.8. The van der Waals surface area contributed by atoms with Crippen molar-refractivity contribution in [1.82, 2.24) is 4.31 Å². The van der Waals surface area contributed by atoms with Gasteiger partial charge in [-0.1, -0.05) is 0 Å². The normalized spacial score (nSPS) is 20.0. The topological polar surface area (TPSA) is 63.7 Å². The van der Waals surface area contributed by atoms with Crippen LogP contribution in [0.25, 0.3) is 0 Å². The lowest BCUT2D eigenvalue weighted by molar-refractivity contribution is -0.146. The third kappa shape index (κ3) is 2.83. The highest BCUT2D eigenvalue weighted by Gasteiger charge is 2.40. The highest BCUT2D eigenvalue weighted by molar-refractivity contribution is 7.89. The van der Waals surface area contributed by atoms with Crippen LogP contribution in [0, 0.1) is 5.82 Å². The molecule has 1 fully saturated rings. The van der Waals surface area contributed by atoms with E-state index in [2.05, 4.69) is 0 Å². The van der Waals surface area contributed by atoms with Gasteiger partial charge in [-0.15, -0.1) is 0 Å². The summed E-state index contributed by atoms with van der Waals surface area (Å²) in [6.45, 7) is 2.15. The van der Waals surface area contributed by atoms with Crippen LogP contribution in [0.1, 0.15) is 19.8 Å². The Morgan fingerprint density at radius 2 is 2.05 bits per heavy atom. The molecule has 1 aromatic carbocycles. The Balaban J connectivity index is 2.28. The van der Waals surface area contributed by atoms with E-state index in [0.29, 0.717) is 12.8 Å². The van der Waals surface area contributed by atoms with Crippen LogP contribution >= 0.6 is 0 Å². The fraction of sp³-hybridized carbons (Fsp3) is 0.462. The molecule has 1 aliphatic heterocycles. The van der Waals surface area contributed by atoms with Gasteiger partial charge in [0.1, 0.15) is 11.9 Å². The van der Waals surface area contributed by atoms with Crippen LogP contribution in [0.3, 0.4) is 0 Å². The van der Waals surface area contributed by atoms with Crippen LogP contribution < -0.4 is 0 Å². The second-order valence-electron chi connectivity index (χ2n) is 4.48. The average molecular weight is 301 g/mol. The maximum absolute atomic E-state index is 12.9. The minimum absolute atomic E-state index is 0.0184. The third-order valence-electron chi connectivity index (χ3n) is 3.18. The first-order valence-corrected chi connectivity index (χ1v) is 7.85. The molecular weight excluding hydrogens is 285 g/mol. The van der Waals surface area contributed by atoms with Crippen molar-refractivity contribution >= 4 is 16.0 Å². The summed E-state index contributed by atoms with van der Waals surface area (Å²) in [5.74, 6) is -1.04. The summed E-state index contributed by atoms with van der Waals surface area (Å²) < 4.78 is 43.8. The van der Waals surface area contributed by atoms with Gasteiger partial charge in [-0.2, -0.15) is 4.31 Å². The largest absolute Gasteiger partial charge is 0.465 e. The van der Waals surface area contributed by atoms with E-state index >= 15 is 0 Å². The highest BCUT2D eigenvalue weighted by Crippen LogP contribution is 2.26. The van der Waals surface area contributed by atoms with Crippen LogP contribution in [-0.4, -0.2) is 37.9 Å². The van der Waals surface area contributed by atoms with E-state index in [-0.39, 0.29) is 18.0 Å². The molecule has 0 aliphatic carbocycles. The number of hydrogen-bond donors (Lipinski definition) is 0. The second kappa shape index (κ2) is 5.88. The van der Waals surface area contributed by atoms with Crippen molar-refractivity contribution in [2.45, 2.75) is 30.7 Å². The zero-order valence-corrected chi connectivity index (χ0v) is 11.9. The molecule has 0 unspecified atom stereocenters. The molecule has 0 aromatic heterocycles. The summed E-state index contributed by atoms with van der Waals surface area (Å²) >= 11 is 0. The number of hydrogen-bond acceptors (Lipinski definition) is 4. The Hall–Kier alpha value is -1.47. The molecule has 0 spiro atoms. The predicted octanol–water partition coefficient (Wildman–Crippen LogP) is 1.54. The van der Waals surface area contributed by atoms with E-state index in [0.717, 1.165) is 16.4 Å². The fourth-order valence-electron chi connectivity index (χ4n) is 2.24. The smallest absolute Gasteiger partial charge is 0.324 e. The van der Waals surface area contributed by atoms with Crippen LogP contribution in [0.5, 0.6) is 0 Å². The molecule has 1 aromatic rings. The molecule has 0 bridgehead atoms. The molecule has 1 aliphatic rings. The van der Waals surface area contributed by atoms with Crippen molar-refractivity contribution in [3.63, 3.8) is 0 Å². The number of esters is 1. The Labute approximate surface area is 117 Å². The van der Waals surface area contributed by atoms with E-state index < -0.39 is 27.9 Å². The van der Waals surface area contributed by atoms with Crippen molar-refractivity contribution in [2.24, 2.45) is 0 Å². The van der Waals surface area contributed by atoms with E-state index in [1.807, 2.05) is 0 Å². The number of ether oxygens (including phenoxy) is 1. The Morgan fingerprint density at radius 3 is 2.65 bits per heavy atom. The maximum atomic E-state index is 12.9. The van der Waals surface area contributed by atoms with Crippen molar-refractivity contribution in [2.75, 3.05) is 13.2 Å². The Kier molecular flexibility index (Phi) is 4.39. The first kappa shape index (κ1) is 14.9. The molecule has 5 nitrogen and oxygen atoms in total. The molecule has 0 saturated carbocycles. The summed E-state index contributed by atoms with van der Waals surface area (Å²) in [6.07, 6.45) is 1.04. The van der Waals surface area contributed by atoms with E-state index in [1.54, 1.807) is 6.92 Å². The summed E-state index contributed by atoms with van der Waals surface area (Å²) in [7, 11) is -3.80. The number of sulfonamides is 1.